The largest absolute Gasteiger partial charge is 0.395 e. The molecule has 0 spiro atoms. The van der Waals surface area contributed by atoms with E-state index in [1.165, 1.54) is 5.56 Å². The average Bonchev–Trinajstić information content (AvgIpc) is 2.39. The normalized spacial score (nSPS) is 10.8. The zero-order valence-corrected chi connectivity index (χ0v) is 12.3. The van der Waals surface area contributed by atoms with Crippen LogP contribution in [0.25, 0.3) is 0 Å². The van der Waals surface area contributed by atoms with Crippen molar-refractivity contribution in [3.8, 4) is 0 Å². The van der Waals surface area contributed by atoms with Crippen LogP contribution in [-0.4, -0.2) is 42.2 Å². The van der Waals surface area contributed by atoms with Crippen molar-refractivity contribution in [2.45, 2.75) is 19.8 Å². The van der Waals surface area contributed by atoms with Crippen molar-refractivity contribution in [1.29, 1.82) is 0 Å². The van der Waals surface area contributed by atoms with Gasteiger partial charge in [-0.2, -0.15) is 0 Å². The molecule has 0 saturated carbocycles. The van der Waals surface area contributed by atoms with Crippen LogP contribution in [0.5, 0.6) is 0 Å². The number of carbonyl (C=O) groups is 1. The molecule has 1 aromatic rings. The maximum atomic E-state index is 12.0. The van der Waals surface area contributed by atoms with Crippen LogP contribution in [0.4, 0.5) is 5.69 Å². The topological polar surface area (TPSA) is 52.6 Å². The third-order valence-corrected chi connectivity index (χ3v) is 3.01. The minimum absolute atomic E-state index is 0.0317. The van der Waals surface area contributed by atoms with Crippen LogP contribution in [-0.2, 0) is 4.79 Å². The molecule has 2 N–H and O–H groups in total. The summed E-state index contributed by atoms with van der Waals surface area (Å²) in [4.78, 5) is 13.8. The molecular weight excluding hydrogens is 252 g/mol. The molecule has 0 atom stereocenters. The van der Waals surface area contributed by atoms with E-state index >= 15 is 0 Å². The molecule has 4 heteroatoms. The van der Waals surface area contributed by atoms with E-state index in [0.29, 0.717) is 19.0 Å². The molecule has 0 aliphatic heterocycles. The summed E-state index contributed by atoms with van der Waals surface area (Å²) in [5, 5.41) is 11.8. The number of hydrogen-bond donors (Lipinski definition) is 2. The minimum Gasteiger partial charge on any atom is -0.395 e. The molecule has 4 nitrogen and oxygen atoms in total. The van der Waals surface area contributed by atoms with Crippen molar-refractivity contribution in [3.63, 3.8) is 0 Å². The van der Waals surface area contributed by atoms with Crippen LogP contribution >= 0.6 is 0 Å². The molecular formula is C16H24N2O2. The Morgan fingerprint density at radius 2 is 2.25 bits per heavy atom. The predicted molar refractivity (Wildman–Crippen MR) is 82.9 cm³/mol. The lowest BCUT2D eigenvalue weighted by Crippen LogP contribution is -2.35. The summed E-state index contributed by atoms with van der Waals surface area (Å²) in [6, 6.07) is 7.87. The molecule has 1 amide bonds. The van der Waals surface area contributed by atoms with E-state index < -0.39 is 0 Å². The van der Waals surface area contributed by atoms with E-state index in [9.17, 15) is 4.79 Å². The quantitative estimate of drug-likeness (QED) is 0.716. The number of carbonyl (C=O) groups excluding carboxylic acids is 1. The first-order valence-corrected chi connectivity index (χ1v) is 6.90. The third kappa shape index (κ3) is 5.55. The summed E-state index contributed by atoms with van der Waals surface area (Å²) in [6.45, 7) is 9.22. The van der Waals surface area contributed by atoms with Gasteiger partial charge in [0.1, 0.15) is 0 Å². The first-order valence-electron chi connectivity index (χ1n) is 6.90. The fourth-order valence-corrected chi connectivity index (χ4v) is 1.94. The first kappa shape index (κ1) is 16.4. The lowest BCUT2D eigenvalue weighted by Gasteiger charge is -2.19. The van der Waals surface area contributed by atoms with Crippen LogP contribution < -0.4 is 5.32 Å². The molecule has 0 radical (unpaired) electrons. The van der Waals surface area contributed by atoms with E-state index in [4.69, 9.17) is 5.11 Å². The van der Waals surface area contributed by atoms with Gasteiger partial charge < -0.3 is 10.4 Å². The van der Waals surface area contributed by atoms with Crippen LogP contribution in [0.3, 0.4) is 0 Å². The number of nitrogens with one attached hydrogen (secondary N) is 1. The second kappa shape index (κ2) is 8.51. The van der Waals surface area contributed by atoms with Crippen LogP contribution in [0.2, 0.25) is 0 Å². The summed E-state index contributed by atoms with van der Waals surface area (Å²) in [5.74, 6) is 0.347. The van der Waals surface area contributed by atoms with Crippen molar-refractivity contribution < 1.29 is 9.90 Å². The summed E-state index contributed by atoms with van der Waals surface area (Å²) in [5.41, 5.74) is 2.00. The van der Waals surface area contributed by atoms with E-state index in [2.05, 4.69) is 31.8 Å². The number of anilines is 1. The SMILES string of the molecule is C=CCN(CCO)CC(=O)Nc1cccc(C(C)C)c1. The average molecular weight is 276 g/mol. The number of aliphatic hydroxyl groups is 1. The van der Waals surface area contributed by atoms with Gasteiger partial charge >= 0.3 is 0 Å². The number of benzene rings is 1. The Kier molecular flexibility index (Phi) is 6.98. The predicted octanol–water partition coefficient (Wildman–Crippen LogP) is 2.23. The van der Waals surface area contributed by atoms with Crippen molar-refractivity contribution in [2.24, 2.45) is 0 Å². The van der Waals surface area contributed by atoms with Gasteiger partial charge in [0.25, 0.3) is 0 Å². The molecule has 1 aromatic carbocycles. The van der Waals surface area contributed by atoms with Crippen LogP contribution in [0.15, 0.2) is 36.9 Å². The van der Waals surface area contributed by atoms with Gasteiger partial charge in [-0.25, -0.2) is 0 Å². The summed E-state index contributed by atoms with van der Waals surface area (Å²) in [7, 11) is 0. The van der Waals surface area contributed by atoms with Gasteiger partial charge in [0, 0.05) is 18.8 Å². The number of amides is 1. The molecule has 110 valence electrons. The lowest BCUT2D eigenvalue weighted by atomic mass is 10.0. The molecule has 0 saturated heterocycles. The monoisotopic (exact) mass is 276 g/mol. The van der Waals surface area contributed by atoms with Gasteiger partial charge in [-0.05, 0) is 23.6 Å². The zero-order chi connectivity index (χ0) is 15.0. The van der Waals surface area contributed by atoms with E-state index in [0.717, 1.165) is 5.69 Å². The zero-order valence-electron chi connectivity index (χ0n) is 12.3. The third-order valence-electron chi connectivity index (χ3n) is 3.01. The smallest absolute Gasteiger partial charge is 0.238 e. The van der Waals surface area contributed by atoms with Gasteiger partial charge in [-0.15, -0.1) is 6.58 Å². The standard InChI is InChI=1S/C16H24N2O2/c1-4-8-18(9-10-19)12-16(20)17-15-7-5-6-14(11-15)13(2)3/h4-7,11,13,19H,1,8-10,12H2,2-3H3,(H,17,20). The first-order chi connectivity index (χ1) is 9.56. The molecule has 0 fully saturated rings. The molecule has 1 rings (SSSR count). The molecule has 0 aliphatic carbocycles. The molecule has 20 heavy (non-hydrogen) atoms. The summed E-state index contributed by atoms with van der Waals surface area (Å²) in [6.07, 6.45) is 1.72. The number of aliphatic hydroxyl groups excluding tert-OH is 1. The molecule has 0 unspecified atom stereocenters. The lowest BCUT2D eigenvalue weighted by molar-refractivity contribution is -0.117. The number of nitrogens with zero attached hydrogens (tertiary/aromatic N) is 1. The number of hydrogen-bond acceptors (Lipinski definition) is 3. The molecule has 0 aliphatic rings. The van der Waals surface area contributed by atoms with Crippen molar-refractivity contribution in [1.82, 2.24) is 4.90 Å². The fraction of sp³-hybridized carbons (Fsp3) is 0.438. The van der Waals surface area contributed by atoms with Gasteiger partial charge in [0.2, 0.25) is 5.91 Å². The second-order valence-corrected chi connectivity index (χ2v) is 5.08. The van der Waals surface area contributed by atoms with Gasteiger partial charge in [-0.1, -0.05) is 32.1 Å². The van der Waals surface area contributed by atoms with E-state index in [1.807, 2.05) is 23.1 Å². The minimum atomic E-state index is -0.0822. The fourth-order valence-electron chi connectivity index (χ4n) is 1.94. The summed E-state index contributed by atoms with van der Waals surface area (Å²) >= 11 is 0. The van der Waals surface area contributed by atoms with E-state index in [-0.39, 0.29) is 19.1 Å². The Morgan fingerprint density at radius 1 is 1.50 bits per heavy atom. The Balaban J connectivity index is 2.60. The number of rotatable bonds is 8. The highest BCUT2D eigenvalue weighted by Crippen LogP contribution is 2.18. The molecule has 0 heterocycles. The molecule has 0 aromatic heterocycles. The van der Waals surface area contributed by atoms with Gasteiger partial charge in [0.15, 0.2) is 0 Å². The maximum absolute atomic E-state index is 12.0. The van der Waals surface area contributed by atoms with Crippen molar-refractivity contribution >= 4 is 11.6 Å². The Hall–Kier alpha value is -1.65. The second-order valence-electron chi connectivity index (χ2n) is 5.08. The summed E-state index contributed by atoms with van der Waals surface area (Å²) < 4.78 is 0. The highest BCUT2D eigenvalue weighted by molar-refractivity contribution is 5.92. The van der Waals surface area contributed by atoms with Crippen LogP contribution in [0, 0.1) is 0 Å². The maximum Gasteiger partial charge on any atom is 0.238 e. The van der Waals surface area contributed by atoms with Crippen molar-refractivity contribution in [3.05, 3.63) is 42.5 Å². The van der Waals surface area contributed by atoms with E-state index in [1.54, 1.807) is 6.08 Å². The van der Waals surface area contributed by atoms with Gasteiger partial charge in [0.05, 0.1) is 13.2 Å². The highest BCUT2D eigenvalue weighted by atomic mass is 16.3. The van der Waals surface area contributed by atoms with Crippen LogP contribution in [0.1, 0.15) is 25.3 Å². The van der Waals surface area contributed by atoms with Crippen molar-refractivity contribution in [2.75, 3.05) is 31.6 Å². The van der Waals surface area contributed by atoms with Gasteiger partial charge in [-0.3, -0.25) is 9.69 Å². The Labute approximate surface area is 121 Å². The molecule has 0 bridgehead atoms. The Bertz CT molecular complexity index is 444. The highest BCUT2D eigenvalue weighted by Gasteiger charge is 2.09. The Morgan fingerprint density at radius 3 is 2.85 bits per heavy atom.